The third-order valence-electron chi connectivity index (χ3n) is 4.67. The van der Waals surface area contributed by atoms with E-state index in [1.165, 1.54) is 12.1 Å². The summed E-state index contributed by atoms with van der Waals surface area (Å²) in [5.74, 6) is 0.480. The monoisotopic (exact) mass is 367 g/mol. The maximum Gasteiger partial charge on any atom is 0.276 e. The molecule has 0 fully saturated rings. The van der Waals surface area contributed by atoms with Gasteiger partial charge in [0, 0.05) is 30.3 Å². The molecular formula is C20H18FN3O3. The molecule has 0 bridgehead atoms. The van der Waals surface area contributed by atoms with Crippen molar-refractivity contribution in [3.63, 3.8) is 0 Å². The van der Waals surface area contributed by atoms with Crippen LogP contribution in [-0.2, 0) is 13.5 Å². The first-order valence-corrected chi connectivity index (χ1v) is 8.40. The van der Waals surface area contributed by atoms with Crippen molar-refractivity contribution >= 4 is 11.6 Å². The van der Waals surface area contributed by atoms with Crippen molar-refractivity contribution in [3.8, 4) is 22.8 Å². The molecule has 4 rings (SSSR count). The Morgan fingerprint density at radius 1 is 1.19 bits per heavy atom. The van der Waals surface area contributed by atoms with Gasteiger partial charge in [0.2, 0.25) is 0 Å². The van der Waals surface area contributed by atoms with Crippen LogP contribution in [0.1, 0.15) is 21.6 Å². The quantitative estimate of drug-likeness (QED) is 0.600. The fourth-order valence-corrected chi connectivity index (χ4v) is 3.49. The van der Waals surface area contributed by atoms with Gasteiger partial charge in [-0.1, -0.05) is 6.07 Å². The number of methoxy groups -OCH3 is 2. The molecule has 0 atom stereocenters. The minimum Gasteiger partial charge on any atom is -0.493 e. The topological polar surface area (TPSA) is 65.4 Å². The fraction of sp³-hybridized carbons (Fsp3) is 0.200. The van der Waals surface area contributed by atoms with Crippen LogP contribution in [0, 0.1) is 5.82 Å². The summed E-state index contributed by atoms with van der Waals surface area (Å²) < 4.78 is 25.8. The number of amides is 1. The number of fused-ring (bicyclic) bond motifs is 3. The lowest BCUT2D eigenvalue weighted by molar-refractivity contribution is 0.102. The Kier molecular flexibility index (Phi) is 4.07. The van der Waals surface area contributed by atoms with Gasteiger partial charge in [0.25, 0.3) is 5.91 Å². The summed E-state index contributed by atoms with van der Waals surface area (Å²) in [5.41, 5.74) is 4.41. The molecule has 1 aromatic heterocycles. The molecule has 7 heteroatoms. The molecule has 138 valence electrons. The van der Waals surface area contributed by atoms with Gasteiger partial charge in [0.05, 0.1) is 19.9 Å². The SMILES string of the molecule is COc1cc2c(cc1OC)-c1c(c(C(=O)Nc3cccc(F)c3)nn1C)C2. The number of hydrogen-bond acceptors (Lipinski definition) is 4. The summed E-state index contributed by atoms with van der Waals surface area (Å²) in [6.45, 7) is 0. The molecule has 1 aliphatic carbocycles. The number of ether oxygens (including phenoxy) is 2. The predicted molar refractivity (Wildman–Crippen MR) is 98.9 cm³/mol. The number of rotatable bonds is 4. The molecule has 1 heterocycles. The molecule has 1 N–H and O–H groups in total. The highest BCUT2D eigenvalue weighted by molar-refractivity contribution is 6.05. The van der Waals surface area contributed by atoms with Crippen molar-refractivity contribution in [3.05, 3.63) is 59.0 Å². The van der Waals surface area contributed by atoms with E-state index >= 15 is 0 Å². The lowest BCUT2D eigenvalue weighted by Gasteiger charge is -2.11. The molecule has 1 amide bonds. The second kappa shape index (κ2) is 6.42. The predicted octanol–water partition coefficient (Wildman–Crippen LogP) is 3.40. The molecule has 6 nitrogen and oxygen atoms in total. The summed E-state index contributed by atoms with van der Waals surface area (Å²) in [5, 5.41) is 7.10. The third kappa shape index (κ3) is 2.81. The average molecular weight is 367 g/mol. The first-order chi connectivity index (χ1) is 13.0. The molecule has 0 spiro atoms. The summed E-state index contributed by atoms with van der Waals surface area (Å²) in [7, 11) is 4.97. The van der Waals surface area contributed by atoms with E-state index in [9.17, 15) is 9.18 Å². The van der Waals surface area contributed by atoms with Crippen molar-refractivity contribution in [1.82, 2.24) is 9.78 Å². The first-order valence-electron chi connectivity index (χ1n) is 8.40. The van der Waals surface area contributed by atoms with Crippen LogP contribution in [0.15, 0.2) is 36.4 Å². The Morgan fingerprint density at radius 2 is 1.93 bits per heavy atom. The van der Waals surface area contributed by atoms with Gasteiger partial charge in [-0.2, -0.15) is 5.10 Å². The minimum atomic E-state index is -0.411. The van der Waals surface area contributed by atoms with Gasteiger partial charge >= 0.3 is 0 Å². The van der Waals surface area contributed by atoms with E-state index in [0.717, 1.165) is 22.4 Å². The van der Waals surface area contributed by atoms with E-state index in [1.54, 1.807) is 38.1 Å². The van der Waals surface area contributed by atoms with Crippen LogP contribution in [-0.4, -0.2) is 29.9 Å². The summed E-state index contributed by atoms with van der Waals surface area (Å²) in [4.78, 5) is 12.7. The molecule has 0 aliphatic heterocycles. The van der Waals surface area contributed by atoms with Gasteiger partial charge in [0.15, 0.2) is 17.2 Å². The van der Waals surface area contributed by atoms with Crippen molar-refractivity contribution in [1.29, 1.82) is 0 Å². The van der Waals surface area contributed by atoms with Crippen molar-refractivity contribution < 1.29 is 18.7 Å². The lowest BCUT2D eigenvalue weighted by Crippen LogP contribution is -2.15. The number of nitrogens with zero attached hydrogens (tertiary/aromatic N) is 2. The molecular weight excluding hydrogens is 349 g/mol. The van der Waals surface area contributed by atoms with Crippen molar-refractivity contribution in [2.45, 2.75) is 6.42 Å². The fourth-order valence-electron chi connectivity index (χ4n) is 3.49. The van der Waals surface area contributed by atoms with Crippen molar-refractivity contribution in [2.75, 3.05) is 19.5 Å². The van der Waals surface area contributed by atoms with Crippen LogP contribution >= 0.6 is 0 Å². The van der Waals surface area contributed by atoms with Gasteiger partial charge < -0.3 is 14.8 Å². The number of aromatic nitrogens is 2. The Labute approximate surface area is 155 Å². The van der Waals surface area contributed by atoms with Crippen LogP contribution < -0.4 is 14.8 Å². The number of nitrogens with one attached hydrogen (secondary N) is 1. The Hall–Kier alpha value is -3.35. The number of carbonyl (C=O) groups excluding carboxylic acids is 1. The van der Waals surface area contributed by atoms with E-state index in [-0.39, 0.29) is 5.91 Å². The Balaban J connectivity index is 1.72. The molecule has 0 saturated carbocycles. The third-order valence-corrected chi connectivity index (χ3v) is 4.67. The first kappa shape index (κ1) is 17.1. The summed E-state index contributed by atoms with van der Waals surface area (Å²) in [6.07, 6.45) is 0.560. The van der Waals surface area contributed by atoms with E-state index < -0.39 is 5.82 Å². The molecule has 0 radical (unpaired) electrons. The second-order valence-electron chi connectivity index (χ2n) is 6.30. The Bertz CT molecular complexity index is 1060. The zero-order valence-corrected chi connectivity index (χ0v) is 15.2. The Morgan fingerprint density at radius 3 is 2.63 bits per heavy atom. The van der Waals surface area contributed by atoms with Crippen LogP contribution in [0.25, 0.3) is 11.3 Å². The van der Waals surface area contributed by atoms with E-state index in [4.69, 9.17) is 9.47 Å². The summed E-state index contributed by atoms with van der Waals surface area (Å²) in [6, 6.07) is 9.59. The van der Waals surface area contributed by atoms with Gasteiger partial charge in [-0.15, -0.1) is 0 Å². The smallest absolute Gasteiger partial charge is 0.276 e. The average Bonchev–Trinajstić information content (AvgIpc) is 3.17. The van der Waals surface area contributed by atoms with Crippen LogP contribution in [0.5, 0.6) is 11.5 Å². The molecule has 3 aromatic rings. The van der Waals surface area contributed by atoms with Gasteiger partial charge in [-0.3, -0.25) is 9.48 Å². The number of anilines is 1. The molecule has 1 aliphatic rings. The zero-order chi connectivity index (χ0) is 19.1. The number of halogens is 1. The van der Waals surface area contributed by atoms with E-state index in [1.807, 2.05) is 12.1 Å². The highest BCUT2D eigenvalue weighted by Crippen LogP contribution is 2.43. The highest BCUT2D eigenvalue weighted by Gasteiger charge is 2.31. The highest BCUT2D eigenvalue weighted by atomic mass is 19.1. The number of hydrogen-bond donors (Lipinski definition) is 1. The van der Waals surface area contributed by atoms with Crippen LogP contribution in [0.3, 0.4) is 0 Å². The number of benzene rings is 2. The van der Waals surface area contributed by atoms with E-state index in [0.29, 0.717) is 29.3 Å². The molecule has 27 heavy (non-hydrogen) atoms. The summed E-state index contributed by atoms with van der Waals surface area (Å²) >= 11 is 0. The molecule has 0 saturated heterocycles. The van der Waals surface area contributed by atoms with Gasteiger partial charge in [-0.25, -0.2) is 4.39 Å². The maximum atomic E-state index is 13.4. The standard InChI is InChI=1S/C20H18FN3O3/c1-24-19-14-10-17(27-3)16(26-2)8-11(14)7-15(19)18(23-24)20(25)22-13-6-4-5-12(21)9-13/h4-6,8-10H,7H2,1-3H3,(H,22,25). The molecule has 0 unspecified atom stereocenters. The van der Waals surface area contributed by atoms with Crippen molar-refractivity contribution in [2.24, 2.45) is 7.05 Å². The number of carbonyl (C=O) groups is 1. The van der Waals surface area contributed by atoms with Gasteiger partial charge in [0.1, 0.15) is 5.82 Å². The van der Waals surface area contributed by atoms with Gasteiger partial charge in [-0.05, 0) is 35.9 Å². The zero-order valence-electron chi connectivity index (χ0n) is 15.2. The second-order valence-corrected chi connectivity index (χ2v) is 6.30. The number of aryl methyl sites for hydroxylation is 1. The maximum absolute atomic E-state index is 13.4. The lowest BCUT2D eigenvalue weighted by atomic mass is 10.1. The normalized spacial score (nSPS) is 11.7. The van der Waals surface area contributed by atoms with Crippen LogP contribution in [0.4, 0.5) is 10.1 Å². The molecule has 2 aromatic carbocycles. The minimum absolute atomic E-state index is 0.325. The largest absolute Gasteiger partial charge is 0.493 e. The van der Waals surface area contributed by atoms with E-state index in [2.05, 4.69) is 10.4 Å². The van der Waals surface area contributed by atoms with Crippen LogP contribution in [0.2, 0.25) is 0 Å².